The quantitative estimate of drug-likeness (QED) is 0.316. The molecule has 0 saturated carbocycles. The average Bonchev–Trinajstić information content (AvgIpc) is 2.87. The molecule has 0 aliphatic rings. The van der Waals surface area contributed by atoms with Gasteiger partial charge in [0, 0.05) is 17.6 Å². The smallest absolute Gasteiger partial charge is 0.408 e. The Bertz CT molecular complexity index is 1250. The third-order valence-corrected chi connectivity index (χ3v) is 6.85. The van der Waals surface area contributed by atoms with Crippen LogP contribution in [0, 0.1) is 13.8 Å². The first-order valence-electron chi connectivity index (χ1n) is 14.1. The number of primary amides is 1. The van der Waals surface area contributed by atoms with Gasteiger partial charge in [-0.1, -0.05) is 36.2 Å². The predicted molar refractivity (Wildman–Crippen MR) is 163 cm³/mol. The van der Waals surface area contributed by atoms with E-state index in [0.29, 0.717) is 23.4 Å². The number of alkyl carbamates (subject to hydrolysis) is 1. The van der Waals surface area contributed by atoms with Gasteiger partial charge in [-0.05, 0) is 91.1 Å². The molecule has 4 N–H and O–H groups in total. The summed E-state index contributed by atoms with van der Waals surface area (Å²) in [7, 11) is 1.56. The molecule has 0 fully saturated rings. The lowest BCUT2D eigenvalue weighted by atomic mass is 9.90. The van der Waals surface area contributed by atoms with Crippen LogP contribution < -0.4 is 21.1 Å². The molecule has 0 saturated heterocycles. The summed E-state index contributed by atoms with van der Waals surface area (Å²) < 4.78 is 10.6. The number of aryl methyl sites for hydroxylation is 2. The van der Waals surface area contributed by atoms with Gasteiger partial charge in [0.15, 0.2) is 0 Å². The van der Waals surface area contributed by atoms with E-state index in [-0.39, 0.29) is 12.8 Å². The van der Waals surface area contributed by atoms with Crippen LogP contribution in [0.1, 0.15) is 83.5 Å². The summed E-state index contributed by atoms with van der Waals surface area (Å²) in [6.45, 7) is 14.6. The highest BCUT2D eigenvalue weighted by Crippen LogP contribution is 2.34. The number of methoxy groups -OCH3 is 1. The summed E-state index contributed by atoms with van der Waals surface area (Å²) in [5.41, 5.74) is 6.73. The summed E-state index contributed by atoms with van der Waals surface area (Å²) in [5.74, 6) is -0.967. The number of nitrogens with zero attached hydrogens (tertiary/aromatic N) is 1. The van der Waals surface area contributed by atoms with Gasteiger partial charge >= 0.3 is 6.09 Å². The third-order valence-electron chi connectivity index (χ3n) is 6.85. The van der Waals surface area contributed by atoms with Gasteiger partial charge in [-0.25, -0.2) is 4.79 Å². The van der Waals surface area contributed by atoms with Crippen LogP contribution in [0.15, 0.2) is 42.5 Å². The van der Waals surface area contributed by atoms with Crippen molar-refractivity contribution in [3.8, 4) is 5.75 Å². The topological polar surface area (TPSA) is 140 Å². The molecule has 2 atom stereocenters. The minimum absolute atomic E-state index is 0.0661. The van der Waals surface area contributed by atoms with E-state index in [1.807, 2.05) is 52.8 Å². The number of anilines is 1. The van der Waals surface area contributed by atoms with Gasteiger partial charge in [-0.3, -0.25) is 14.4 Å². The molecule has 10 heteroatoms. The van der Waals surface area contributed by atoms with Crippen molar-refractivity contribution < 1.29 is 28.7 Å². The van der Waals surface area contributed by atoms with Crippen molar-refractivity contribution in [3.63, 3.8) is 0 Å². The van der Waals surface area contributed by atoms with Gasteiger partial charge in [0.1, 0.15) is 23.4 Å². The maximum atomic E-state index is 14.5. The molecule has 42 heavy (non-hydrogen) atoms. The molecule has 230 valence electrons. The fraction of sp³-hybridized carbons (Fsp3) is 0.500. The van der Waals surface area contributed by atoms with Gasteiger partial charge < -0.3 is 30.7 Å². The highest BCUT2D eigenvalue weighted by molar-refractivity contribution is 5.99. The molecule has 0 spiro atoms. The van der Waals surface area contributed by atoms with E-state index in [1.54, 1.807) is 52.1 Å². The minimum atomic E-state index is -1.18. The number of nitrogens with one attached hydrogen (secondary N) is 2. The van der Waals surface area contributed by atoms with Crippen molar-refractivity contribution in [2.24, 2.45) is 5.73 Å². The molecule has 2 aromatic carbocycles. The van der Waals surface area contributed by atoms with E-state index in [4.69, 9.17) is 15.2 Å². The highest BCUT2D eigenvalue weighted by Gasteiger charge is 2.43. The summed E-state index contributed by atoms with van der Waals surface area (Å²) in [6.07, 6.45) is -0.544. The Morgan fingerprint density at radius 3 is 2.00 bits per heavy atom. The summed E-state index contributed by atoms with van der Waals surface area (Å²) in [5, 5.41) is 5.58. The normalized spacial score (nSPS) is 13.0. The number of nitrogens with two attached hydrogens (primary N) is 1. The number of rotatable bonds is 12. The summed E-state index contributed by atoms with van der Waals surface area (Å²) in [4.78, 5) is 54.7. The maximum Gasteiger partial charge on any atom is 0.408 e. The molecule has 2 rings (SSSR count). The van der Waals surface area contributed by atoms with Crippen LogP contribution in [0.5, 0.6) is 5.75 Å². The van der Waals surface area contributed by atoms with Gasteiger partial charge in [0.05, 0.1) is 7.11 Å². The van der Waals surface area contributed by atoms with Crippen molar-refractivity contribution >= 4 is 29.5 Å². The second-order valence-electron chi connectivity index (χ2n) is 12.1. The molecule has 0 aliphatic carbocycles. The molecule has 0 heterocycles. The number of hydrogen-bond acceptors (Lipinski definition) is 6. The van der Waals surface area contributed by atoms with E-state index in [1.165, 1.54) is 4.90 Å². The molecule has 2 aromatic rings. The van der Waals surface area contributed by atoms with Crippen LogP contribution in [0.2, 0.25) is 0 Å². The Hall–Kier alpha value is -4.08. The van der Waals surface area contributed by atoms with Crippen molar-refractivity contribution in [3.05, 3.63) is 59.2 Å². The Morgan fingerprint density at radius 1 is 0.952 bits per heavy atom. The van der Waals surface area contributed by atoms with Crippen molar-refractivity contribution in [1.29, 1.82) is 0 Å². The molecule has 10 nitrogen and oxygen atoms in total. The number of ether oxygens (including phenoxy) is 2. The van der Waals surface area contributed by atoms with Gasteiger partial charge in [0.25, 0.3) is 5.91 Å². The van der Waals surface area contributed by atoms with Crippen molar-refractivity contribution in [1.82, 2.24) is 10.2 Å². The lowest BCUT2D eigenvalue weighted by Gasteiger charge is -2.44. The second kappa shape index (κ2) is 14.2. The van der Waals surface area contributed by atoms with Crippen LogP contribution in [0.25, 0.3) is 0 Å². The van der Waals surface area contributed by atoms with E-state index in [2.05, 4.69) is 10.6 Å². The zero-order chi connectivity index (χ0) is 31.8. The monoisotopic (exact) mass is 582 g/mol. The van der Waals surface area contributed by atoms with Crippen molar-refractivity contribution in [2.75, 3.05) is 12.4 Å². The summed E-state index contributed by atoms with van der Waals surface area (Å²) in [6, 6.07) is 10.4. The average molecular weight is 583 g/mol. The van der Waals surface area contributed by atoms with Gasteiger partial charge in [-0.2, -0.15) is 0 Å². The van der Waals surface area contributed by atoms with Crippen LogP contribution >= 0.6 is 0 Å². The molecular formula is C32H46N4O6. The zero-order valence-electron chi connectivity index (χ0n) is 26.3. The number of carbonyl (C=O) groups excluding carboxylic acids is 4. The molecule has 2 unspecified atom stereocenters. The number of hydrogen-bond donors (Lipinski definition) is 3. The van der Waals surface area contributed by atoms with Crippen LogP contribution in [-0.4, -0.2) is 53.0 Å². The fourth-order valence-corrected chi connectivity index (χ4v) is 4.58. The molecule has 0 aromatic heterocycles. The fourth-order valence-electron chi connectivity index (χ4n) is 4.58. The van der Waals surface area contributed by atoms with Gasteiger partial charge in [0.2, 0.25) is 11.8 Å². The standard InChI is InChI=1S/C32H46N4O6/c1-10-32(7,8)36(29(39)25(15-16-26(33)37)35-30(40)42-31(4,5)6)27(22-18-20(2)17-21(3)19-22)28(38)34-23-11-13-24(41-9)14-12-23/h11-14,17-19,25,27H,10,15-16H2,1-9H3,(H2,33,37)(H,34,38)(H,35,40). The van der Waals surface area contributed by atoms with Gasteiger partial charge in [-0.15, -0.1) is 0 Å². The minimum Gasteiger partial charge on any atom is -0.497 e. The Labute approximate surface area is 249 Å². The predicted octanol–water partition coefficient (Wildman–Crippen LogP) is 5.17. The van der Waals surface area contributed by atoms with E-state index < -0.39 is 47.0 Å². The van der Waals surface area contributed by atoms with Crippen LogP contribution in [0.3, 0.4) is 0 Å². The SMILES string of the molecule is CCC(C)(C)N(C(=O)C(CCC(N)=O)NC(=O)OC(C)(C)C)C(C(=O)Nc1ccc(OC)cc1)c1cc(C)cc(C)c1. The first kappa shape index (κ1) is 34.1. The van der Waals surface area contributed by atoms with Crippen LogP contribution in [-0.2, 0) is 19.1 Å². The lowest BCUT2D eigenvalue weighted by molar-refractivity contribution is -0.148. The Kier molecular flexibility index (Phi) is 11.5. The first-order chi connectivity index (χ1) is 19.5. The number of amides is 4. The first-order valence-corrected chi connectivity index (χ1v) is 14.1. The highest BCUT2D eigenvalue weighted by atomic mass is 16.6. The summed E-state index contributed by atoms with van der Waals surface area (Å²) >= 11 is 0. The van der Waals surface area contributed by atoms with Crippen molar-refractivity contribution in [2.45, 2.75) is 97.9 Å². The van der Waals surface area contributed by atoms with E-state index in [0.717, 1.165) is 11.1 Å². The number of carbonyl (C=O) groups is 4. The second-order valence-corrected chi connectivity index (χ2v) is 12.1. The Balaban J connectivity index is 2.68. The molecule has 4 amide bonds. The Morgan fingerprint density at radius 2 is 1.52 bits per heavy atom. The zero-order valence-corrected chi connectivity index (χ0v) is 26.3. The lowest BCUT2D eigenvalue weighted by Crippen LogP contribution is -2.59. The molecule has 0 aliphatic heterocycles. The van der Waals surface area contributed by atoms with E-state index in [9.17, 15) is 19.2 Å². The molecular weight excluding hydrogens is 536 g/mol. The molecule has 0 radical (unpaired) electrons. The third kappa shape index (κ3) is 9.78. The van der Waals surface area contributed by atoms with E-state index >= 15 is 0 Å². The largest absolute Gasteiger partial charge is 0.497 e. The van der Waals surface area contributed by atoms with Crippen LogP contribution in [0.4, 0.5) is 10.5 Å². The number of benzene rings is 2. The maximum absolute atomic E-state index is 14.5. The molecule has 0 bridgehead atoms.